The van der Waals surface area contributed by atoms with Gasteiger partial charge in [0.1, 0.15) is 11.1 Å². The van der Waals surface area contributed by atoms with Crippen molar-refractivity contribution in [2.24, 2.45) is 4.99 Å². The molecule has 1 unspecified atom stereocenters. The summed E-state index contributed by atoms with van der Waals surface area (Å²) in [6, 6.07) is 3.60. The van der Waals surface area contributed by atoms with Crippen LogP contribution in [0.5, 0.6) is 0 Å². The van der Waals surface area contributed by atoms with Gasteiger partial charge in [0.15, 0.2) is 5.96 Å². The summed E-state index contributed by atoms with van der Waals surface area (Å²) < 4.78 is 0.672. The maximum Gasteiger partial charge on any atom is 0.191 e. The molecule has 0 saturated heterocycles. The minimum atomic E-state index is -0.606. The fourth-order valence-corrected chi connectivity index (χ4v) is 3.12. The van der Waals surface area contributed by atoms with Crippen molar-refractivity contribution in [2.75, 3.05) is 13.6 Å². The first-order valence-corrected chi connectivity index (χ1v) is 8.02. The van der Waals surface area contributed by atoms with Gasteiger partial charge in [0.05, 0.1) is 10.9 Å². The fourth-order valence-electron chi connectivity index (χ4n) is 1.52. The Kier molecular flexibility index (Phi) is 8.49. The Balaban J connectivity index is 0.00000220. The normalized spacial score (nSPS) is 12.6. The summed E-state index contributed by atoms with van der Waals surface area (Å²) in [7, 11) is 1.69. The third kappa shape index (κ3) is 6.07. The number of hydrogen-bond donors (Lipinski definition) is 3. The number of halogens is 2. The number of thiazole rings is 1. The van der Waals surface area contributed by atoms with Gasteiger partial charge in [0, 0.05) is 30.0 Å². The van der Waals surface area contributed by atoms with E-state index in [0.29, 0.717) is 23.4 Å². The van der Waals surface area contributed by atoms with Gasteiger partial charge in [-0.3, -0.25) is 4.99 Å². The molecule has 0 bridgehead atoms. The molecule has 9 heteroatoms. The molecule has 0 spiro atoms. The zero-order valence-corrected chi connectivity index (χ0v) is 16.0. The number of aromatic nitrogens is 1. The second-order valence-electron chi connectivity index (χ2n) is 3.89. The van der Waals surface area contributed by atoms with Crippen LogP contribution in [0.4, 0.5) is 0 Å². The van der Waals surface area contributed by atoms with Gasteiger partial charge in [-0.25, -0.2) is 4.98 Å². The third-order valence-electron chi connectivity index (χ3n) is 2.50. The molecular weight excluding hydrogens is 443 g/mol. The van der Waals surface area contributed by atoms with Crippen molar-refractivity contribution in [1.29, 1.82) is 0 Å². The lowest BCUT2D eigenvalue weighted by Gasteiger charge is -2.13. The van der Waals surface area contributed by atoms with Crippen molar-refractivity contribution >= 4 is 64.2 Å². The van der Waals surface area contributed by atoms with E-state index in [1.54, 1.807) is 30.6 Å². The van der Waals surface area contributed by atoms with Crippen molar-refractivity contribution in [3.05, 3.63) is 37.9 Å². The molecule has 0 aliphatic heterocycles. The van der Waals surface area contributed by atoms with Crippen LogP contribution in [0.2, 0.25) is 4.34 Å². The molecule has 5 nitrogen and oxygen atoms in total. The van der Waals surface area contributed by atoms with E-state index in [0.717, 1.165) is 9.88 Å². The number of aliphatic hydroxyl groups is 1. The van der Waals surface area contributed by atoms with Crippen molar-refractivity contribution in [1.82, 2.24) is 15.6 Å². The average molecular weight is 459 g/mol. The lowest BCUT2D eigenvalue weighted by atomic mass is 10.3. The number of aliphatic hydroxyl groups excluding tert-OH is 1. The Labute approximate surface area is 153 Å². The Morgan fingerprint density at radius 3 is 2.86 bits per heavy atom. The summed E-state index contributed by atoms with van der Waals surface area (Å²) in [5.41, 5.74) is 0. The molecule has 3 N–H and O–H groups in total. The molecule has 2 rings (SSSR count). The van der Waals surface area contributed by atoms with Crippen LogP contribution in [0.25, 0.3) is 0 Å². The molecule has 1 atom stereocenters. The van der Waals surface area contributed by atoms with Gasteiger partial charge in [0.2, 0.25) is 0 Å². The molecule has 2 aromatic heterocycles. The molecule has 0 saturated carbocycles. The second-order valence-corrected chi connectivity index (χ2v) is 6.62. The number of guanidine groups is 1. The molecule has 0 aromatic carbocycles. The number of aliphatic imine (C=N–C) groups is 1. The minimum absolute atomic E-state index is 0. The maximum absolute atomic E-state index is 10.0. The van der Waals surface area contributed by atoms with Gasteiger partial charge >= 0.3 is 0 Å². The number of nitrogens with zero attached hydrogens (tertiary/aromatic N) is 2. The first-order valence-electron chi connectivity index (χ1n) is 5.95. The SMILES string of the molecule is CN=C(NCc1nccs1)NCC(O)c1ccc(Cl)s1.I. The largest absolute Gasteiger partial charge is 0.386 e. The first-order chi connectivity index (χ1) is 9.69. The van der Waals surface area contributed by atoms with Crippen LogP contribution in [-0.2, 0) is 6.54 Å². The topological polar surface area (TPSA) is 69.5 Å². The Bertz CT molecular complexity index is 561. The molecule has 2 heterocycles. The van der Waals surface area contributed by atoms with E-state index in [1.807, 2.05) is 11.4 Å². The summed E-state index contributed by atoms with van der Waals surface area (Å²) in [6.45, 7) is 0.979. The summed E-state index contributed by atoms with van der Waals surface area (Å²) in [5.74, 6) is 0.627. The first kappa shape index (κ1) is 18.6. The summed E-state index contributed by atoms with van der Waals surface area (Å²) in [4.78, 5) is 9.11. The van der Waals surface area contributed by atoms with E-state index in [1.165, 1.54) is 11.3 Å². The van der Waals surface area contributed by atoms with Crippen LogP contribution < -0.4 is 10.6 Å². The standard InChI is InChI=1S/C12H15ClN4OS2.HI/c1-14-12(17-7-11-15-4-5-19-11)16-6-8(18)9-2-3-10(13)20-9;/h2-5,8,18H,6-7H2,1H3,(H2,14,16,17);1H. The van der Waals surface area contributed by atoms with E-state index in [4.69, 9.17) is 11.6 Å². The van der Waals surface area contributed by atoms with E-state index in [2.05, 4.69) is 20.6 Å². The van der Waals surface area contributed by atoms with Gasteiger partial charge < -0.3 is 15.7 Å². The molecule has 0 aliphatic carbocycles. The second kappa shape index (κ2) is 9.57. The van der Waals surface area contributed by atoms with Crippen LogP contribution in [-0.4, -0.2) is 29.6 Å². The van der Waals surface area contributed by atoms with Crippen LogP contribution >= 0.6 is 58.3 Å². The Hall–Kier alpha value is -0.420. The van der Waals surface area contributed by atoms with E-state index < -0.39 is 6.10 Å². The Morgan fingerprint density at radius 2 is 2.29 bits per heavy atom. The Morgan fingerprint density at radius 1 is 1.48 bits per heavy atom. The molecule has 0 radical (unpaired) electrons. The molecule has 0 aliphatic rings. The van der Waals surface area contributed by atoms with Gasteiger partial charge in [-0.2, -0.15) is 0 Å². The average Bonchev–Trinajstić information content (AvgIpc) is 3.10. The van der Waals surface area contributed by atoms with Crippen LogP contribution in [0.15, 0.2) is 28.7 Å². The van der Waals surface area contributed by atoms with Crippen LogP contribution in [0.1, 0.15) is 16.0 Å². The summed E-state index contributed by atoms with van der Waals surface area (Å²) in [5, 5.41) is 19.1. The van der Waals surface area contributed by atoms with E-state index >= 15 is 0 Å². The lowest BCUT2D eigenvalue weighted by molar-refractivity contribution is 0.184. The van der Waals surface area contributed by atoms with E-state index in [-0.39, 0.29) is 24.0 Å². The zero-order chi connectivity index (χ0) is 14.4. The maximum atomic E-state index is 10.0. The highest BCUT2D eigenvalue weighted by atomic mass is 127. The molecule has 2 aromatic rings. The summed E-state index contributed by atoms with van der Waals surface area (Å²) in [6.07, 6.45) is 1.16. The predicted molar refractivity (Wildman–Crippen MR) is 100 cm³/mol. The highest BCUT2D eigenvalue weighted by Crippen LogP contribution is 2.26. The summed E-state index contributed by atoms with van der Waals surface area (Å²) >= 11 is 8.80. The minimum Gasteiger partial charge on any atom is -0.386 e. The van der Waals surface area contributed by atoms with Crippen molar-refractivity contribution < 1.29 is 5.11 Å². The highest BCUT2D eigenvalue weighted by molar-refractivity contribution is 14.0. The molecule has 116 valence electrons. The smallest absolute Gasteiger partial charge is 0.191 e. The predicted octanol–water partition coefficient (Wildman–Crippen LogP) is 2.87. The number of hydrogen-bond acceptors (Lipinski definition) is 5. The zero-order valence-electron chi connectivity index (χ0n) is 11.2. The number of thiophene rings is 1. The van der Waals surface area contributed by atoms with Crippen LogP contribution in [0.3, 0.4) is 0 Å². The van der Waals surface area contributed by atoms with Gasteiger partial charge in [-0.15, -0.1) is 46.7 Å². The highest BCUT2D eigenvalue weighted by Gasteiger charge is 2.11. The van der Waals surface area contributed by atoms with Crippen molar-refractivity contribution in [2.45, 2.75) is 12.6 Å². The molecule has 0 amide bonds. The molecular formula is C12H16ClIN4OS2. The van der Waals surface area contributed by atoms with Gasteiger partial charge in [-0.05, 0) is 12.1 Å². The fraction of sp³-hybridized carbons (Fsp3) is 0.333. The monoisotopic (exact) mass is 458 g/mol. The quantitative estimate of drug-likeness (QED) is 0.366. The number of rotatable bonds is 5. The third-order valence-corrected chi connectivity index (χ3v) is 4.61. The van der Waals surface area contributed by atoms with Crippen LogP contribution in [0, 0.1) is 0 Å². The molecule has 0 fully saturated rings. The van der Waals surface area contributed by atoms with E-state index in [9.17, 15) is 5.11 Å². The van der Waals surface area contributed by atoms with Gasteiger partial charge in [0.25, 0.3) is 0 Å². The van der Waals surface area contributed by atoms with Gasteiger partial charge in [-0.1, -0.05) is 11.6 Å². The van der Waals surface area contributed by atoms with Crippen molar-refractivity contribution in [3.8, 4) is 0 Å². The number of nitrogens with one attached hydrogen (secondary N) is 2. The lowest BCUT2D eigenvalue weighted by Crippen LogP contribution is -2.38. The van der Waals surface area contributed by atoms with Crippen molar-refractivity contribution in [3.63, 3.8) is 0 Å². The molecule has 21 heavy (non-hydrogen) atoms.